The van der Waals surface area contributed by atoms with E-state index in [1.165, 1.54) is 0 Å². The second kappa shape index (κ2) is 3.38. The normalized spacial score (nSPS) is 23.8. The first-order valence-corrected chi connectivity index (χ1v) is 3.88. The van der Waals surface area contributed by atoms with E-state index in [1.807, 2.05) is 6.07 Å². The van der Waals surface area contributed by atoms with E-state index in [0.717, 1.165) is 6.54 Å². The van der Waals surface area contributed by atoms with Gasteiger partial charge in [-0.05, 0) is 5.92 Å². The number of rotatable bonds is 2. The summed E-state index contributed by atoms with van der Waals surface area (Å²) in [7, 11) is 0. The Morgan fingerprint density at radius 1 is 1.82 bits per heavy atom. The van der Waals surface area contributed by atoms with Crippen molar-refractivity contribution >= 4 is 5.91 Å². The van der Waals surface area contributed by atoms with Crippen molar-refractivity contribution in [2.75, 3.05) is 13.1 Å². The second-order valence-corrected chi connectivity index (χ2v) is 3.06. The first-order chi connectivity index (χ1) is 5.24. The molecule has 1 aliphatic rings. The molecule has 1 unspecified atom stereocenters. The molecule has 1 rings (SSSR count). The first-order valence-electron chi connectivity index (χ1n) is 3.88. The van der Waals surface area contributed by atoms with Crippen LogP contribution < -0.4 is 0 Å². The Bertz CT molecular complexity index is 195. The zero-order valence-electron chi connectivity index (χ0n) is 6.71. The Balaban J connectivity index is 2.36. The Kier molecular flexibility index (Phi) is 2.48. The fourth-order valence-electron chi connectivity index (χ4n) is 1.37. The Hall–Kier alpha value is -1.04. The monoisotopic (exact) mass is 152 g/mol. The van der Waals surface area contributed by atoms with Gasteiger partial charge in [0, 0.05) is 19.5 Å². The molecule has 0 spiro atoms. The minimum atomic E-state index is 0.202. The molecule has 0 saturated carbocycles. The molecule has 1 amide bonds. The number of carbonyl (C=O) groups is 1. The molecule has 11 heavy (non-hydrogen) atoms. The highest BCUT2D eigenvalue weighted by Gasteiger charge is 2.25. The fraction of sp³-hybridized carbons (Fsp3) is 0.750. The number of nitriles is 1. The summed E-state index contributed by atoms with van der Waals surface area (Å²) in [6.07, 6.45) is 1.11. The van der Waals surface area contributed by atoms with E-state index in [4.69, 9.17) is 5.26 Å². The average molecular weight is 152 g/mol. The quantitative estimate of drug-likeness (QED) is 0.586. The predicted molar refractivity (Wildman–Crippen MR) is 40.6 cm³/mol. The Morgan fingerprint density at radius 2 is 2.55 bits per heavy atom. The molecule has 0 aromatic heterocycles. The van der Waals surface area contributed by atoms with Gasteiger partial charge in [0.15, 0.2) is 0 Å². The molecule has 3 nitrogen and oxygen atoms in total. The predicted octanol–water partition coefficient (Wildman–Crippen LogP) is 0.768. The smallest absolute Gasteiger partial charge is 0.222 e. The van der Waals surface area contributed by atoms with Gasteiger partial charge < -0.3 is 4.90 Å². The van der Waals surface area contributed by atoms with Gasteiger partial charge in [-0.25, -0.2) is 0 Å². The van der Waals surface area contributed by atoms with E-state index in [9.17, 15) is 4.79 Å². The fourth-order valence-corrected chi connectivity index (χ4v) is 1.37. The van der Waals surface area contributed by atoms with Crippen molar-refractivity contribution in [2.45, 2.75) is 19.8 Å². The van der Waals surface area contributed by atoms with E-state index < -0.39 is 0 Å². The minimum absolute atomic E-state index is 0.202. The molecular formula is C8H12N2O. The molecule has 0 radical (unpaired) electrons. The van der Waals surface area contributed by atoms with Crippen LogP contribution in [-0.4, -0.2) is 23.9 Å². The molecule has 0 N–H and O–H groups in total. The van der Waals surface area contributed by atoms with Crippen LogP contribution in [0.5, 0.6) is 0 Å². The highest BCUT2D eigenvalue weighted by Crippen LogP contribution is 2.16. The van der Waals surface area contributed by atoms with Crippen LogP contribution in [0, 0.1) is 17.2 Å². The SMILES string of the molecule is CC1CC(=O)N(CCC#N)C1. The summed E-state index contributed by atoms with van der Waals surface area (Å²) in [6, 6.07) is 2.04. The summed E-state index contributed by atoms with van der Waals surface area (Å²) < 4.78 is 0. The molecule has 1 heterocycles. The molecule has 1 atom stereocenters. The molecule has 0 aromatic carbocycles. The van der Waals surface area contributed by atoms with Gasteiger partial charge in [0.05, 0.1) is 12.5 Å². The van der Waals surface area contributed by atoms with Crippen molar-refractivity contribution in [3.63, 3.8) is 0 Å². The van der Waals surface area contributed by atoms with E-state index >= 15 is 0 Å². The van der Waals surface area contributed by atoms with Crippen molar-refractivity contribution in [3.05, 3.63) is 0 Å². The molecule has 60 valence electrons. The highest BCUT2D eigenvalue weighted by atomic mass is 16.2. The lowest BCUT2D eigenvalue weighted by Crippen LogP contribution is -2.25. The molecule has 0 aromatic rings. The molecule has 1 fully saturated rings. The van der Waals surface area contributed by atoms with Crippen LogP contribution in [-0.2, 0) is 4.79 Å². The van der Waals surface area contributed by atoms with Gasteiger partial charge in [-0.2, -0.15) is 5.26 Å². The van der Waals surface area contributed by atoms with Crippen LogP contribution in [0.25, 0.3) is 0 Å². The summed E-state index contributed by atoms with van der Waals surface area (Å²) in [5, 5.41) is 8.29. The third-order valence-corrected chi connectivity index (χ3v) is 1.90. The van der Waals surface area contributed by atoms with Crippen LogP contribution >= 0.6 is 0 Å². The number of hydrogen-bond acceptors (Lipinski definition) is 2. The van der Waals surface area contributed by atoms with Crippen LogP contribution in [0.1, 0.15) is 19.8 Å². The zero-order valence-corrected chi connectivity index (χ0v) is 6.71. The van der Waals surface area contributed by atoms with Gasteiger partial charge in [-0.1, -0.05) is 6.92 Å². The summed E-state index contributed by atoms with van der Waals surface area (Å²) in [6.45, 7) is 3.50. The van der Waals surface area contributed by atoms with Crippen molar-refractivity contribution < 1.29 is 4.79 Å². The third-order valence-electron chi connectivity index (χ3n) is 1.90. The minimum Gasteiger partial charge on any atom is -0.341 e. The number of carbonyl (C=O) groups excluding carboxylic acids is 1. The lowest BCUT2D eigenvalue weighted by Gasteiger charge is -2.12. The molecule has 0 aliphatic carbocycles. The molecule has 1 saturated heterocycles. The Morgan fingerprint density at radius 3 is 3.00 bits per heavy atom. The van der Waals surface area contributed by atoms with Gasteiger partial charge in [0.25, 0.3) is 0 Å². The van der Waals surface area contributed by atoms with E-state index in [1.54, 1.807) is 4.90 Å². The highest BCUT2D eigenvalue weighted by molar-refractivity contribution is 5.78. The van der Waals surface area contributed by atoms with E-state index in [0.29, 0.717) is 25.3 Å². The van der Waals surface area contributed by atoms with Crippen LogP contribution in [0.2, 0.25) is 0 Å². The van der Waals surface area contributed by atoms with Gasteiger partial charge >= 0.3 is 0 Å². The number of amides is 1. The molecular weight excluding hydrogens is 140 g/mol. The summed E-state index contributed by atoms with van der Waals surface area (Å²) in [4.78, 5) is 12.9. The number of nitrogens with zero attached hydrogens (tertiary/aromatic N) is 2. The lowest BCUT2D eigenvalue weighted by molar-refractivity contribution is -0.127. The van der Waals surface area contributed by atoms with E-state index in [2.05, 4.69) is 6.92 Å². The summed E-state index contributed by atoms with van der Waals surface area (Å²) in [5.41, 5.74) is 0. The van der Waals surface area contributed by atoms with Crippen LogP contribution in [0.3, 0.4) is 0 Å². The van der Waals surface area contributed by atoms with Gasteiger partial charge in [-0.15, -0.1) is 0 Å². The molecule has 3 heteroatoms. The molecule has 1 aliphatic heterocycles. The van der Waals surface area contributed by atoms with Crippen molar-refractivity contribution in [1.82, 2.24) is 4.90 Å². The van der Waals surface area contributed by atoms with Crippen molar-refractivity contribution in [3.8, 4) is 6.07 Å². The van der Waals surface area contributed by atoms with E-state index in [-0.39, 0.29) is 5.91 Å². The van der Waals surface area contributed by atoms with Gasteiger partial charge in [-0.3, -0.25) is 4.79 Å². The lowest BCUT2D eigenvalue weighted by atomic mass is 10.2. The topological polar surface area (TPSA) is 44.1 Å². The maximum absolute atomic E-state index is 11.1. The average Bonchev–Trinajstić information content (AvgIpc) is 2.26. The Labute approximate surface area is 66.6 Å². The third kappa shape index (κ3) is 1.94. The van der Waals surface area contributed by atoms with Gasteiger partial charge in [0.2, 0.25) is 5.91 Å². The summed E-state index contributed by atoms with van der Waals surface area (Å²) >= 11 is 0. The maximum Gasteiger partial charge on any atom is 0.222 e. The largest absolute Gasteiger partial charge is 0.341 e. The zero-order chi connectivity index (χ0) is 8.27. The standard InChI is InChI=1S/C8H12N2O/c1-7-5-8(11)10(6-7)4-2-3-9/h7H,2,4-6H2,1H3. The van der Waals surface area contributed by atoms with Crippen molar-refractivity contribution in [1.29, 1.82) is 5.26 Å². The second-order valence-electron chi connectivity index (χ2n) is 3.06. The number of likely N-dealkylation sites (tertiary alicyclic amines) is 1. The van der Waals surface area contributed by atoms with Crippen LogP contribution in [0.15, 0.2) is 0 Å². The van der Waals surface area contributed by atoms with Gasteiger partial charge in [0.1, 0.15) is 0 Å². The first kappa shape index (κ1) is 8.06. The molecule has 0 bridgehead atoms. The van der Waals surface area contributed by atoms with Crippen molar-refractivity contribution in [2.24, 2.45) is 5.92 Å². The maximum atomic E-state index is 11.1. The summed E-state index contributed by atoms with van der Waals surface area (Å²) in [5.74, 6) is 0.675. The number of hydrogen-bond donors (Lipinski definition) is 0. The van der Waals surface area contributed by atoms with Crippen LogP contribution in [0.4, 0.5) is 0 Å².